The summed E-state index contributed by atoms with van der Waals surface area (Å²) in [7, 11) is 0. The van der Waals surface area contributed by atoms with E-state index in [4.69, 9.17) is 15.9 Å². The van der Waals surface area contributed by atoms with Crippen molar-refractivity contribution in [3.8, 4) is 0 Å². The van der Waals surface area contributed by atoms with E-state index in [1.807, 2.05) is 0 Å². The van der Waals surface area contributed by atoms with Gasteiger partial charge in [-0.1, -0.05) is 6.07 Å². The summed E-state index contributed by atoms with van der Waals surface area (Å²) in [5.41, 5.74) is 5.71. The minimum absolute atomic E-state index is 0. The fourth-order valence-electron chi connectivity index (χ4n) is 2.24. The van der Waals surface area contributed by atoms with Gasteiger partial charge >= 0.3 is 11.9 Å². The first-order valence-electron chi connectivity index (χ1n) is 6.05. The minimum Gasteiger partial charge on any atom is -0.481 e. The number of carbonyl (C=O) groups is 4. The van der Waals surface area contributed by atoms with Gasteiger partial charge in [-0.2, -0.15) is 0 Å². The number of amides is 2. The molecule has 8 nitrogen and oxygen atoms in total. The van der Waals surface area contributed by atoms with E-state index >= 15 is 0 Å². The number of hydrogen-bond acceptors (Lipinski definition) is 5. The van der Waals surface area contributed by atoms with E-state index in [0.717, 1.165) is 0 Å². The number of hydrogen-bond donors (Lipinski definition) is 3. The fourth-order valence-corrected chi connectivity index (χ4v) is 2.24. The number of imide groups is 1. The molecule has 1 unspecified atom stereocenters. The van der Waals surface area contributed by atoms with E-state index in [9.17, 15) is 19.2 Å². The van der Waals surface area contributed by atoms with Crippen LogP contribution in [0.5, 0.6) is 0 Å². The number of aliphatic carboxylic acids is 2. The van der Waals surface area contributed by atoms with Gasteiger partial charge in [0.25, 0.3) is 11.8 Å². The highest BCUT2D eigenvalue weighted by molar-refractivity contribution is 6.24. The molecule has 0 radical (unpaired) electrons. The summed E-state index contributed by atoms with van der Waals surface area (Å²) in [5, 5.41) is 17.8. The fraction of sp³-hybridized carbons (Fsp3) is 0.231. The molecule has 1 aromatic carbocycles. The Morgan fingerprint density at radius 2 is 1.82 bits per heavy atom. The van der Waals surface area contributed by atoms with Gasteiger partial charge in [-0.15, -0.1) is 12.4 Å². The molecule has 4 N–H and O–H groups in total. The zero-order chi connectivity index (χ0) is 15.7. The average molecular weight is 329 g/mol. The van der Waals surface area contributed by atoms with E-state index < -0.39 is 36.2 Å². The number of rotatable bonds is 5. The molecule has 0 aromatic heterocycles. The number of nitrogens with zero attached hydrogens (tertiary/aromatic N) is 1. The number of anilines is 1. The highest BCUT2D eigenvalue weighted by atomic mass is 35.5. The molecular formula is C13H13ClN2O6. The Morgan fingerprint density at radius 3 is 2.32 bits per heavy atom. The number of nitrogen functional groups attached to an aromatic ring is 1. The normalized spacial score (nSPS) is 14.3. The standard InChI is InChI=1S/C13H12N2O6.ClH/c14-7-3-1-2-6-10(7)12(19)15(11(6)18)8(13(20)21)4-5-9(16)17;/h1-3,8H,4-5,14H2,(H,16,17)(H,20,21);1H. The molecule has 9 heteroatoms. The van der Waals surface area contributed by atoms with E-state index in [1.54, 1.807) is 0 Å². The zero-order valence-electron chi connectivity index (χ0n) is 11.2. The van der Waals surface area contributed by atoms with Gasteiger partial charge in [-0.25, -0.2) is 4.79 Å². The third kappa shape index (κ3) is 2.86. The molecule has 1 aromatic rings. The Hall–Kier alpha value is -2.61. The second kappa shape index (κ2) is 6.44. The molecule has 1 heterocycles. The monoisotopic (exact) mass is 328 g/mol. The molecule has 118 valence electrons. The quantitative estimate of drug-likeness (QED) is 0.531. The summed E-state index contributed by atoms with van der Waals surface area (Å²) in [6.45, 7) is 0. The van der Waals surface area contributed by atoms with Crippen LogP contribution in [0.3, 0.4) is 0 Å². The lowest BCUT2D eigenvalue weighted by Gasteiger charge is -2.21. The van der Waals surface area contributed by atoms with Crippen molar-refractivity contribution >= 4 is 41.8 Å². The topological polar surface area (TPSA) is 138 Å². The van der Waals surface area contributed by atoms with Crippen molar-refractivity contribution in [1.29, 1.82) is 0 Å². The molecule has 1 aliphatic rings. The van der Waals surface area contributed by atoms with Crippen LogP contribution in [-0.2, 0) is 9.59 Å². The SMILES string of the molecule is Cl.Nc1cccc2c1C(=O)N(C(CCC(=O)O)C(=O)O)C2=O. The molecule has 1 aliphatic heterocycles. The van der Waals surface area contributed by atoms with Crippen molar-refractivity contribution in [2.24, 2.45) is 0 Å². The number of carbonyl (C=O) groups excluding carboxylic acids is 2. The number of carboxylic acids is 2. The number of halogens is 1. The van der Waals surface area contributed by atoms with Crippen LogP contribution in [0.1, 0.15) is 33.6 Å². The van der Waals surface area contributed by atoms with E-state index in [1.165, 1.54) is 18.2 Å². The van der Waals surface area contributed by atoms with Crippen molar-refractivity contribution in [3.05, 3.63) is 29.3 Å². The van der Waals surface area contributed by atoms with Crippen molar-refractivity contribution in [2.75, 3.05) is 5.73 Å². The van der Waals surface area contributed by atoms with E-state index in [2.05, 4.69) is 0 Å². The van der Waals surface area contributed by atoms with Gasteiger partial charge in [0.2, 0.25) is 0 Å². The lowest BCUT2D eigenvalue weighted by molar-refractivity contribution is -0.142. The maximum absolute atomic E-state index is 12.2. The number of nitrogens with two attached hydrogens (primary N) is 1. The van der Waals surface area contributed by atoms with Crippen LogP contribution in [0.4, 0.5) is 5.69 Å². The van der Waals surface area contributed by atoms with Gasteiger partial charge in [0, 0.05) is 12.1 Å². The van der Waals surface area contributed by atoms with Crippen LogP contribution in [0.2, 0.25) is 0 Å². The van der Waals surface area contributed by atoms with Crippen LogP contribution >= 0.6 is 12.4 Å². The van der Waals surface area contributed by atoms with Crippen LogP contribution < -0.4 is 5.73 Å². The third-order valence-electron chi connectivity index (χ3n) is 3.21. The lowest BCUT2D eigenvalue weighted by Crippen LogP contribution is -2.45. The Balaban J connectivity index is 0.00000242. The predicted octanol–water partition coefficient (Wildman–Crippen LogP) is 0.605. The summed E-state index contributed by atoms with van der Waals surface area (Å²) >= 11 is 0. The van der Waals surface area contributed by atoms with Crippen molar-refractivity contribution in [2.45, 2.75) is 18.9 Å². The number of fused-ring (bicyclic) bond motifs is 1. The smallest absolute Gasteiger partial charge is 0.326 e. The summed E-state index contributed by atoms with van der Waals surface area (Å²) in [6.07, 6.45) is -0.837. The third-order valence-corrected chi connectivity index (χ3v) is 3.21. The van der Waals surface area contributed by atoms with Crippen molar-refractivity contribution in [3.63, 3.8) is 0 Å². The molecule has 0 bridgehead atoms. The van der Waals surface area contributed by atoms with Crippen molar-refractivity contribution < 1.29 is 29.4 Å². The molecule has 0 aliphatic carbocycles. The Kier molecular flexibility index (Phi) is 5.10. The maximum atomic E-state index is 12.2. The maximum Gasteiger partial charge on any atom is 0.326 e. The second-order valence-corrected chi connectivity index (χ2v) is 4.54. The van der Waals surface area contributed by atoms with Crippen LogP contribution in [0.15, 0.2) is 18.2 Å². The van der Waals surface area contributed by atoms with Gasteiger partial charge in [0.05, 0.1) is 11.1 Å². The minimum atomic E-state index is -1.53. The van der Waals surface area contributed by atoms with Crippen LogP contribution in [0, 0.1) is 0 Å². The molecule has 0 saturated heterocycles. The molecular weight excluding hydrogens is 316 g/mol. The number of benzene rings is 1. The summed E-state index contributed by atoms with van der Waals surface area (Å²) in [6, 6.07) is 2.76. The first kappa shape index (κ1) is 17.4. The molecule has 0 spiro atoms. The first-order valence-corrected chi connectivity index (χ1v) is 6.05. The summed E-state index contributed by atoms with van der Waals surface area (Å²) < 4.78 is 0. The van der Waals surface area contributed by atoms with Gasteiger partial charge in [0.15, 0.2) is 0 Å². The molecule has 0 fully saturated rings. The van der Waals surface area contributed by atoms with Crippen LogP contribution in [-0.4, -0.2) is 44.9 Å². The highest BCUT2D eigenvalue weighted by Gasteiger charge is 2.43. The van der Waals surface area contributed by atoms with E-state index in [-0.39, 0.29) is 35.6 Å². The molecule has 0 saturated carbocycles. The van der Waals surface area contributed by atoms with E-state index in [0.29, 0.717) is 4.90 Å². The Morgan fingerprint density at radius 1 is 1.18 bits per heavy atom. The van der Waals surface area contributed by atoms with Gasteiger partial charge < -0.3 is 15.9 Å². The average Bonchev–Trinajstić information content (AvgIpc) is 2.64. The summed E-state index contributed by atoms with van der Waals surface area (Å²) in [5.74, 6) is -4.24. The highest BCUT2D eigenvalue weighted by Crippen LogP contribution is 2.30. The molecule has 1 atom stereocenters. The molecule has 22 heavy (non-hydrogen) atoms. The van der Waals surface area contributed by atoms with Gasteiger partial charge in [0.1, 0.15) is 6.04 Å². The molecule has 2 amide bonds. The van der Waals surface area contributed by atoms with Gasteiger partial charge in [-0.3, -0.25) is 19.3 Å². The largest absolute Gasteiger partial charge is 0.481 e. The zero-order valence-corrected chi connectivity index (χ0v) is 12.0. The lowest BCUT2D eigenvalue weighted by atomic mass is 10.1. The Labute approximate surface area is 130 Å². The summed E-state index contributed by atoms with van der Waals surface area (Å²) in [4.78, 5) is 46.8. The Bertz CT molecular complexity index is 660. The van der Waals surface area contributed by atoms with Gasteiger partial charge in [-0.05, 0) is 18.6 Å². The van der Waals surface area contributed by atoms with Crippen LogP contribution in [0.25, 0.3) is 0 Å². The predicted molar refractivity (Wildman–Crippen MR) is 76.9 cm³/mol. The molecule has 2 rings (SSSR count). The number of carboxylic acid groups (broad SMARTS) is 2. The van der Waals surface area contributed by atoms with Crippen molar-refractivity contribution in [1.82, 2.24) is 4.90 Å². The first-order chi connectivity index (χ1) is 9.84. The second-order valence-electron chi connectivity index (χ2n) is 4.54.